The number of hydrogen-bond acceptors (Lipinski definition) is 4. The molecule has 1 heterocycles. The normalized spacial score (nSPS) is 22.5. The highest BCUT2D eigenvalue weighted by Gasteiger charge is 2.30. The zero-order valence-electron chi connectivity index (χ0n) is 12.0. The Morgan fingerprint density at radius 2 is 1.95 bits per heavy atom. The van der Waals surface area contributed by atoms with E-state index in [0.717, 1.165) is 24.4 Å². The van der Waals surface area contributed by atoms with E-state index in [1.54, 1.807) is 13.3 Å². The van der Waals surface area contributed by atoms with Crippen LogP contribution in [0.1, 0.15) is 46.2 Å². The van der Waals surface area contributed by atoms with Gasteiger partial charge in [0.25, 0.3) is 0 Å². The second kappa shape index (κ2) is 5.15. The zero-order chi connectivity index (χ0) is 14.0. The lowest BCUT2D eigenvalue weighted by atomic mass is 9.86. The van der Waals surface area contributed by atoms with Gasteiger partial charge in [-0.25, -0.2) is 9.97 Å². The molecular weight excluding hydrogens is 240 g/mol. The maximum Gasteiger partial charge on any atom is 0.217 e. The molecule has 1 saturated carbocycles. The molecule has 1 aromatic rings. The smallest absolute Gasteiger partial charge is 0.217 e. The number of aromatic nitrogens is 2. The SMILES string of the molecule is CC(=O)N[C@H]1C[C@H](Nc2cc(C(C)(C)C)ncn2)C1. The number of amides is 1. The van der Waals surface area contributed by atoms with Crippen LogP contribution in [0.3, 0.4) is 0 Å². The molecule has 1 amide bonds. The minimum Gasteiger partial charge on any atom is -0.367 e. The summed E-state index contributed by atoms with van der Waals surface area (Å²) in [5.41, 5.74) is 1.06. The molecule has 104 valence electrons. The van der Waals surface area contributed by atoms with E-state index in [9.17, 15) is 4.79 Å². The summed E-state index contributed by atoms with van der Waals surface area (Å²) in [6, 6.07) is 2.70. The van der Waals surface area contributed by atoms with Crippen molar-refractivity contribution in [2.45, 2.75) is 58.0 Å². The standard InChI is InChI=1S/C14H22N4O/c1-9(19)17-10-5-11(6-10)18-13-7-12(14(2,3)4)15-8-16-13/h7-8,10-11H,5-6H2,1-4H3,(H,17,19)(H,15,16,18)/t10-,11-. The molecule has 19 heavy (non-hydrogen) atoms. The molecule has 0 radical (unpaired) electrons. The van der Waals surface area contributed by atoms with Crippen molar-refractivity contribution in [3.63, 3.8) is 0 Å². The fraction of sp³-hybridized carbons (Fsp3) is 0.643. The maximum atomic E-state index is 10.9. The van der Waals surface area contributed by atoms with Crippen LogP contribution in [-0.2, 0) is 10.2 Å². The number of nitrogens with one attached hydrogen (secondary N) is 2. The summed E-state index contributed by atoms with van der Waals surface area (Å²) >= 11 is 0. The quantitative estimate of drug-likeness (QED) is 0.872. The van der Waals surface area contributed by atoms with Crippen LogP contribution >= 0.6 is 0 Å². The van der Waals surface area contributed by atoms with E-state index in [1.807, 2.05) is 6.07 Å². The Bertz CT molecular complexity index is 461. The van der Waals surface area contributed by atoms with Gasteiger partial charge in [0, 0.05) is 30.5 Å². The summed E-state index contributed by atoms with van der Waals surface area (Å²) in [5.74, 6) is 0.909. The Hall–Kier alpha value is -1.65. The van der Waals surface area contributed by atoms with Crippen molar-refractivity contribution in [1.82, 2.24) is 15.3 Å². The molecule has 1 aliphatic rings. The van der Waals surface area contributed by atoms with E-state index >= 15 is 0 Å². The topological polar surface area (TPSA) is 66.9 Å². The lowest BCUT2D eigenvalue weighted by molar-refractivity contribution is -0.120. The minimum absolute atomic E-state index is 0.0255. The molecule has 0 spiro atoms. The molecule has 0 atom stereocenters. The summed E-state index contributed by atoms with van der Waals surface area (Å²) in [7, 11) is 0. The molecule has 1 fully saturated rings. The molecule has 2 rings (SSSR count). The molecule has 1 aromatic heterocycles. The largest absolute Gasteiger partial charge is 0.367 e. The van der Waals surface area contributed by atoms with Gasteiger partial charge in [0.2, 0.25) is 5.91 Å². The van der Waals surface area contributed by atoms with Gasteiger partial charge in [0.1, 0.15) is 12.1 Å². The highest BCUT2D eigenvalue weighted by molar-refractivity contribution is 5.73. The predicted octanol–water partition coefficient (Wildman–Crippen LogP) is 1.85. The lowest BCUT2D eigenvalue weighted by Gasteiger charge is -2.36. The third kappa shape index (κ3) is 3.66. The first-order valence-corrected chi connectivity index (χ1v) is 6.71. The third-order valence-electron chi connectivity index (χ3n) is 3.33. The fourth-order valence-corrected chi connectivity index (χ4v) is 2.20. The number of rotatable bonds is 3. The van der Waals surface area contributed by atoms with Gasteiger partial charge in [-0.3, -0.25) is 4.79 Å². The zero-order valence-corrected chi connectivity index (χ0v) is 12.0. The van der Waals surface area contributed by atoms with E-state index in [0.29, 0.717) is 12.1 Å². The van der Waals surface area contributed by atoms with E-state index in [4.69, 9.17) is 0 Å². The predicted molar refractivity (Wildman–Crippen MR) is 75.0 cm³/mol. The first-order chi connectivity index (χ1) is 8.84. The Morgan fingerprint density at radius 1 is 1.26 bits per heavy atom. The molecule has 0 unspecified atom stereocenters. The monoisotopic (exact) mass is 262 g/mol. The molecule has 5 heteroatoms. The number of hydrogen-bond donors (Lipinski definition) is 2. The second-order valence-electron chi connectivity index (χ2n) is 6.25. The van der Waals surface area contributed by atoms with E-state index in [1.165, 1.54) is 0 Å². The van der Waals surface area contributed by atoms with Crippen molar-refractivity contribution < 1.29 is 4.79 Å². The number of carbonyl (C=O) groups is 1. The summed E-state index contributed by atoms with van der Waals surface area (Å²) in [5, 5.41) is 6.31. The van der Waals surface area contributed by atoms with Gasteiger partial charge in [-0.1, -0.05) is 20.8 Å². The van der Waals surface area contributed by atoms with Gasteiger partial charge in [0.15, 0.2) is 0 Å². The van der Waals surface area contributed by atoms with Gasteiger partial charge in [-0.15, -0.1) is 0 Å². The average molecular weight is 262 g/mol. The van der Waals surface area contributed by atoms with Crippen molar-refractivity contribution in [2.75, 3.05) is 5.32 Å². The van der Waals surface area contributed by atoms with Crippen LogP contribution in [0.4, 0.5) is 5.82 Å². The number of anilines is 1. The highest BCUT2D eigenvalue weighted by atomic mass is 16.1. The Morgan fingerprint density at radius 3 is 2.53 bits per heavy atom. The van der Waals surface area contributed by atoms with Crippen LogP contribution in [0.25, 0.3) is 0 Å². The van der Waals surface area contributed by atoms with Crippen LogP contribution in [-0.4, -0.2) is 28.0 Å². The molecule has 0 aromatic carbocycles. The number of carbonyl (C=O) groups excluding carboxylic acids is 1. The first-order valence-electron chi connectivity index (χ1n) is 6.71. The Kier molecular flexibility index (Phi) is 3.73. The molecule has 0 aliphatic heterocycles. The molecule has 1 aliphatic carbocycles. The molecule has 0 bridgehead atoms. The molecule has 0 saturated heterocycles. The summed E-state index contributed by atoms with van der Waals surface area (Å²) < 4.78 is 0. The summed E-state index contributed by atoms with van der Waals surface area (Å²) in [6.07, 6.45) is 3.51. The van der Waals surface area contributed by atoms with Gasteiger partial charge >= 0.3 is 0 Å². The number of nitrogens with zero attached hydrogens (tertiary/aromatic N) is 2. The van der Waals surface area contributed by atoms with Crippen molar-refractivity contribution in [1.29, 1.82) is 0 Å². The Labute approximate surface area is 114 Å². The van der Waals surface area contributed by atoms with Crippen molar-refractivity contribution in [2.24, 2.45) is 0 Å². The van der Waals surface area contributed by atoms with Crippen molar-refractivity contribution in [3.05, 3.63) is 18.1 Å². The second-order valence-corrected chi connectivity index (χ2v) is 6.25. The van der Waals surface area contributed by atoms with E-state index < -0.39 is 0 Å². The lowest BCUT2D eigenvalue weighted by Crippen LogP contribution is -2.49. The van der Waals surface area contributed by atoms with Gasteiger partial charge in [-0.05, 0) is 12.8 Å². The van der Waals surface area contributed by atoms with Crippen LogP contribution in [0.15, 0.2) is 12.4 Å². The highest BCUT2D eigenvalue weighted by Crippen LogP contribution is 2.25. The molecule has 2 N–H and O–H groups in total. The van der Waals surface area contributed by atoms with Crippen LogP contribution in [0, 0.1) is 0 Å². The van der Waals surface area contributed by atoms with Crippen molar-refractivity contribution in [3.8, 4) is 0 Å². The Balaban J connectivity index is 1.90. The van der Waals surface area contributed by atoms with E-state index in [-0.39, 0.29) is 11.3 Å². The summed E-state index contributed by atoms with van der Waals surface area (Å²) in [4.78, 5) is 19.5. The van der Waals surface area contributed by atoms with E-state index in [2.05, 4.69) is 41.4 Å². The first kappa shape index (κ1) is 13.8. The van der Waals surface area contributed by atoms with Crippen LogP contribution < -0.4 is 10.6 Å². The molecular formula is C14H22N4O. The van der Waals surface area contributed by atoms with Gasteiger partial charge in [0.05, 0.1) is 5.69 Å². The average Bonchev–Trinajstić information content (AvgIpc) is 2.25. The minimum atomic E-state index is 0.0255. The maximum absolute atomic E-state index is 10.9. The fourth-order valence-electron chi connectivity index (χ4n) is 2.20. The summed E-state index contributed by atoms with van der Waals surface area (Å²) in [6.45, 7) is 7.96. The van der Waals surface area contributed by atoms with Gasteiger partial charge < -0.3 is 10.6 Å². The molecule has 5 nitrogen and oxygen atoms in total. The van der Waals surface area contributed by atoms with Crippen LogP contribution in [0.2, 0.25) is 0 Å². The third-order valence-corrected chi connectivity index (χ3v) is 3.33. The van der Waals surface area contributed by atoms with Crippen molar-refractivity contribution >= 4 is 11.7 Å². The van der Waals surface area contributed by atoms with Crippen LogP contribution in [0.5, 0.6) is 0 Å². The van der Waals surface area contributed by atoms with Gasteiger partial charge in [-0.2, -0.15) is 0 Å².